The van der Waals surface area contributed by atoms with Gasteiger partial charge in [-0.25, -0.2) is 0 Å². The highest BCUT2D eigenvalue weighted by molar-refractivity contribution is 5.50. The van der Waals surface area contributed by atoms with Crippen LogP contribution in [0.15, 0.2) is 18.2 Å². The number of piperidine rings is 1. The molecule has 0 unspecified atom stereocenters. The summed E-state index contributed by atoms with van der Waals surface area (Å²) in [6, 6.07) is 4.70. The molecule has 0 spiro atoms. The number of nitrogens with one attached hydrogen (secondary N) is 1. The third kappa shape index (κ3) is 4.60. The van der Waals surface area contributed by atoms with E-state index < -0.39 is 4.92 Å². The van der Waals surface area contributed by atoms with Crippen molar-refractivity contribution in [1.29, 1.82) is 0 Å². The maximum atomic E-state index is 11.0. The van der Waals surface area contributed by atoms with Crippen molar-refractivity contribution in [2.24, 2.45) is 5.92 Å². The summed E-state index contributed by atoms with van der Waals surface area (Å²) >= 11 is 0. The Labute approximate surface area is 124 Å². The molecule has 0 amide bonds. The van der Waals surface area contributed by atoms with E-state index >= 15 is 0 Å². The predicted molar refractivity (Wildman–Crippen MR) is 80.0 cm³/mol. The average molecular weight is 294 g/mol. The molecule has 6 nitrogen and oxygen atoms in total. The van der Waals surface area contributed by atoms with Crippen molar-refractivity contribution in [2.75, 3.05) is 26.3 Å². The van der Waals surface area contributed by atoms with Gasteiger partial charge < -0.3 is 14.8 Å². The van der Waals surface area contributed by atoms with Gasteiger partial charge in [0.25, 0.3) is 0 Å². The first-order valence-corrected chi connectivity index (χ1v) is 7.45. The Balaban J connectivity index is 2.00. The number of hydrogen-bond acceptors (Lipinski definition) is 5. The molecular formula is C15H22N2O4. The quantitative estimate of drug-likeness (QED) is 0.618. The van der Waals surface area contributed by atoms with Crippen LogP contribution in [0.2, 0.25) is 0 Å². The lowest BCUT2D eigenvalue weighted by molar-refractivity contribution is -0.385. The van der Waals surface area contributed by atoms with Gasteiger partial charge in [-0.3, -0.25) is 10.1 Å². The van der Waals surface area contributed by atoms with E-state index in [0.717, 1.165) is 32.4 Å². The van der Waals surface area contributed by atoms with E-state index in [1.165, 1.54) is 6.07 Å². The Bertz CT molecular complexity index is 473. The van der Waals surface area contributed by atoms with Gasteiger partial charge in [0, 0.05) is 12.1 Å². The molecule has 1 aromatic rings. The van der Waals surface area contributed by atoms with Crippen molar-refractivity contribution in [1.82, 2.24) is 5.32 Å². The third-order valence-corrected chi connectivity index (χ3v) is 3.53. The summed E-state index contributed by atoms with van der Waals surface area (Å²) < 4.78 is 11.2. The van der Waals surface area contributed by atoms with Crippen LogP contribution in [0, 0.1) is 16.0 Å². The van der Waals surface area contributed by atoms with Crippen molar-refractivity contribution in [3.8, 4) is 11.5 Å². The lowest BCUT2D eigenvalue weighted by atomic mass is 9.99. The Morgan fingerprint density at radius 2 is 2.10 bits per heavy atom. The molecule has 0 aromatic heterocycles. The molecule has 2 rings (SSSR count). The van der Waals surface area contributed by atoms with Crippen LogP contribution in [0.5, 0.6) is 11.5 Å². The Hall–Kier alpha value is -1.82. The van der Waals surface area contributed by atoms with Crippen LogP contribution in [0.25, 0.3) is 0 Å². The third-order valence-electron chi connectivity index (χ3n) is 3.53. The Morgan fingerprint density at radius 3 is 2.76 bits per heavy atom. The summed E-state index contributed by atoms with van der Waals surface area (Å²) in [5.41, 5.74) is -0.0160. The summed E-state index contributed by atoms with van der Waals surface area (Å²) in [4.78, 5) is 10.6. The first-order valence-electron chi connectivity index (χ1n) is 7.45. The molecule has 0 bridgehead atoms. The second-order valence-electron chi connectivity index (χ2n) is 5.24. The van der Waals surface area contributed by atoms with Crippen LogP contribution in [0.4, 0.5) is 5.69 Å². The van der Waals surface area contributed by atoms with Crippen LogP contribution in [0.3, 0.4) is 0 Å². The monoisotopic (exact) mass is 294 g/mol. The molecule has 0 radical (unpaired) electrons. The highest BCUT2D eigenvalue weighted by Crippen LogP contribution is 2.31. The molecule has 1 fully saturated rings. The second-order valence-corrected chi connectivity index (χ2v) is 5.24. The summed E-state index contributed by atoms with van der Waals surface area (Å²) in [6.45, 7) is 5.12. The average Bonchev–Trinajstić information content (AvgIpc) is 2.51. The smallest absolute Gasteiger partial charge is 0.311 e. The fourth-order valence-corrected chi connectivity index (χ4v) is 2.33. The van der Waals surface area contributed by atoms with Gasteiger partial charge >= 0.3 is 5.69 Å². The van der Waals surface area contributed by atoms with Crippen LogP contribution < -0.4 is 14.8 Å². The highest BCUT2D eigenvalue weighted by Gasteiger charge is 2.17. The normalized spacial score (nSPS) is 15.7. The van der Waals surface area contributed by atoms with Crippen LogP contribution in [0.1, 0.15) is 26.2 Å². The summed E-state index contributed by atoms with van der Waals surface area (Å²) in [6.07, 6.45) is 3.01. The van der Waals surface area contributed by atoms with Gasteiger partial charge in [0.2, 0.25) is 5.75 Å². The molecule has 21 heavy (non-hydrogen) atoms. The predicted octanol–water partition coefficient (Wildman–Crippen LogP) is 2.76. The Morgan fingerprint density at radius 1 is 1.33 bits per heavy atom. The molecule has 1 N–H and O–H groups in total. The molecule has 1 aliphatic heterocycles. The molecule has 0 aliphatic carbocycles. The zero-order valence-corrected chi connectivity index (χ0v) is 12.3. The first-order chi connectivity index (χ1) is 10.2. The number of nitro benzene ring substituents is 1. The zero-order valence-electron chi connectivity index (χ0n) is 12.3. The van der Waals surface area contributed by atoms with E-state index in [-0.39, 0.29) is 11.4 Å². The van der Waals surface area contributed by atoms with E-state index in [9.17, 15) is 10.1 Å². The minimum absolute atomic E-state index is 0.0160. The summed E-state index contributed by atoms with van der Waals surface area (Å²) in [7, 11) is 0. The van der Waals surface area contributed by atoms with Crippen molar-refractivity contribution in [3.05, 3.63) is 28.3 Å². The summed E-state index contributed by atoms with van der Waals surface area (Å²) in [5.74, 6) is 1.45. The zero-order chi connectivity index (χ0) is 15.1. The lowest BCUT2D eigenvalue weighted by Gasteiger charge is -2.22. The number of rotatable bonds is 7. The van der Waals surface area contributed by atoms with Crippen LogP contribution in [-0.2, 0) is 0 Å². The van der Waals surface area contributed by atoms with E-state index in [1.54, 1.807) is 12.1 Å². The number of benzene rings is 1. The second kappa shape index (κ2) is 7.83. The van der Waals surface area contributed by atoms with Crippen molar-refractivity contribution in [3.63, 3.8) is 0 Å². The highest BCUT2D eigenvalue weighted by atomic mass is 16.6. The van der Waals surface area contributed by atoms with E-state index in [1.807, 2.05) is 6.92 Å². The molecule has 6 heteroatoms. The number of hydrogen-bond donors (Lipinski definition) is 1. The van der Waals surface area contributed by atoms with Gasteiger partial charge in [-0.2, -0.15) is 0 Å². The standard InChI is InChI=1S/C15H22N2O4/c1-2-9-20-15-10-13(3-4-14(15)17(18)19)21-11-12-5-7-16-8-6-12/h3-4,10,12,16H,2,5-9,11H2,1H3. The van der Waals surface area contributed by atoms with E-state index in [2.05, 4.69) is 5.32 Å². The van der Waals surface area contributed by atoms with Crippen molar-refractivity contribution >= 4 is 5.69 Å². The topological polar surface area (TPSA) is 73.6 Å². The number of nitro groups is 1. The SMILES string of the molecule is CCCOc1cc(OCC2CCNCC2)ccc1[N+](=O)[O-]. The lowest BCUT2D eigenvalue weighted by Crippen LogP contribution is -2.30. The van der Waals surface area contributed by atoms with Gasteiger partial charge in [0.05, 0.1) is 18.1 Å². The van der Waals surface area contributed by atoms with Gasteiger partial charge in [-0.05, 0) is 44.3 Å². The minimum atomic E-state index is -0.429. The van der Waals surface area contributed by atoms with Gasteiger partial charge in [0.15, 0.2) is 0 Å². The molecule has 1 aliphatic rings. The van der Waals surface area contributed by atoms with Gasteiger partial charge in [-0.15, -0.1) is 0 Å². The number of ether oxygens (including phenoxy) is 2. The summed E-state index contributed by atoms with van der Waals surface area (Å²) in [5, 5.41) is 14.3. The molecule has 1 saturated heterocycles. The first kappa shape index (κ1) is 15.6. The van der Waals surface area contributed by atoms with E-state index in [0.29, 0.717) is 24.9 Å². The fraction of sp³-hybridized carbons (Fsp3) is 0.600. The van der Waals surface area contributed by atoms with Crippen molar-refractivity contribution < 1.29 is 14.4 Å². The molecule has 1 heterocycles. The fourth-order valence-electron chi connectivity index (χ4n) is 2.33. The van der Waals surface area contributed by atoms with Gasteiger partial charge in [-0.1, -0.05) is 6.92 Å². The molecule has 0 atom stereocenters. The maximum Gasteiger partial charge on any atom is 0.311 e. The molecule has 0 saturated carbocycles. The maximum absolute atomic E-state index is 11.0. The number of nitrogens with zero attached hydrogens (tertiary/aromatic N) is 1. The van der Waals surface area contributed by atoms with Crippen LogP contribution in [-0.4, -0.2) is 31.2 Å². The van der Waals surface area contributed by atoms with Crippen molar-refractivity contribution in [2.45, 2.75) is 26.2 Å². The van der Waals surface area contributed by atoms with Crippen LogP contribution >= 0.6 is 0 Å². The molecule has 116 valence electrons. The Kier molecular flexibility index (Phi) is 5.80. The van der Waals surface area contributed by atoms with E-state index in [4.69, 9.17) is 9.47 Å². The van der Waals surface area contributed by atoms with Gasteiger partial charge in [0.1, 0.15) is 5.75 Å². The minimum Gasteiger partial charge on any atom is -0.493 e. The molecule has 1 aromatic carbocycles. The largest absolute Gasteiger partial charge is 0.493 e. The molecular weight excluding hydrogens is 272 g/mol.